The number of carbonyl (C=O) groups is 3. The van der Waals surface area contributed by atoms with Crippen LogP contribution in [0.3, 0.4) is 0 Å². The monoisotopic (exact) mass is 573 g/mol. The van der Waals surface area contributed by atoms with Gasteiger partial charge in [0.15, 0.2) is 0 Å². The molecule has 8 nitrogen and oxygen atoms in total. The molecule has 2 unspecified atom stereocenters. The minimum absolute atomic E-state index is 0.191. The third kappa shape index (κ3) is 6.37. The number of halogens is 1. The van der Waals surface area contributed by atoms with Crippen LogP contribution in [0.25, 0.3) is 0 Å². The smallest absolute Gasteiger partial charge is 0.255 e. The third-order valence-corrected chi connectivity index (χ3v) is 8.07. The molecule has 0 aromatic heterocycles. The zero-order chi connectivity index (χ0) is 29.7. The first-order chi connectivity index (χ1) is 20.3. The molecule has 5 rings (SSSR count). The van der Waals surface area contributed by atoms with E-state index in [2.05, 4.69) is 22.3 Å². The standard InChI is InChI=1S/C33H36FN3O5/c1-33(25-12-14-26(34)15-13-25)22-36(16-18-42-33)19-23-8-10-24(11-9-23)21-41-30-7-3-5-27-28(30)20-37(32(27)40)29(6-4-17-38)31(39)35-2/h3,5,7-15,17,29H,4,6,16,18-22H2,1-2H3,(H,35,39). The number of benzene rings is 3. The molecule has 1 fully saturated rings. The van der Waals surface area contributed by atoms with Gasteiger partial charge in [-0.1, -0.05) is 42.5 Å². The molecular formula is C33H36FN3O5. The first-order valence-corrected chi connectivity index (χ1v) is 14.2. The van der Waals surface area contributed by atoms with Crippen LogP contribution < -0.4 is 10.1 Å². The van der Waals surface area contributed by atoms with Crippen LogP contribution in [0.2, 0.25) is 0 Å². The zero-order valence-electron chi connectivity index (χ0n) is 24.0. The number of nitrogens with one attached hydrogen (secondary N) is 1. The Morgan fingerprint density at radius 2 is 1.86 bits per heavy atom. The maximum absolute atomic E-state index is 13.4. The Labute approximate surface area is 245 Å². The Morgan fingerprint density at radius 1 is 1.12 bits per heavy atom. The van der Waals surface area contributed by atoms with E-state index < -0.39 is 11.6 Å². The molecule has 9 heteroatoms. The van der Waals surface area contributed by atoms with Gasteiger partial charge in [0, 0.05) is 44.2 Å². The van der Waals surface area contributed by atoms with Crippen molar-refractivity contribution in [1.82, 2.24) is 15.1 Å². The van der Waals surface area contributed by atoms with Crippen molar-refractivity contribution in [1.29, 1.82) is 0 Å². The number of rotatable bonds is 11. The molecule has 1 N–H and O–H groups in total. The van der Waals surface area contributed by atoms with Crippen LogP contribution in [0.5, 0.6) is 5.75 Å². The zero-order valence-corrected chi connectivity index (χ0v) is 24.0. The van der Waals surface area contributed by atoms with E-state index in [1.807, 2.05) is 25.1 Å². The fourth-order valence-corrected chi connectivity index (χ4v) is 5.76. The lowest BCUT2D eigenvalue weighted by Crippen LogP contribution is -2.47. The maximum Gasteiger partial charge on any atom is 0.255 e. The van der Waals surface area contributed by atoms with Gasteiger partial charge in [0.1, 0.15) is 36.1 Å². The van der Waals surface area contributed by atoms with Crippen LogP contribution in [0, 0.1) is 5.82 Å². The van der Waals surface area contributed by atoms with Gasteiger partial charge in [-0.25, -0.2) is 4.39 Å². The number of aldehydes is 1. The Bertz CT molecular complexity index is 1430. The van der Waals surface area contributed by atoms with E-state index in [0.29, 0.717) is 31.1 Å². The predicted molar refractivity (Wildman–Crippen MR) is 155 cm³/mol. The van der Waals surface area contributed by atoms with Gasteiger partial charge in [-0.2, -0.15) is 0 Å². The lowest BCUT2D eigenvalue weighted by Gasteiger charge is -2.41. The van der Waals surface area contributed by atoms with E-state index in [-0.39, 0.29) is 37.0 Å². The Kier molecular flexibility index (Phi) is 8.99. The highest BCUT2D eigenvalue weighted by molar-refractivity contribution is 6.01. The van der Waals surface area contributed by atoms with Crippen molar-refractivity contribution in [2.75, 3.05) is 26.7 Å². The largest absolute Gasteiger partial charge is 0.489 e. The van der Waals surface area contributed by atoms with Crippen molar-refractivity contribution in [3.05, 3.63) is 100 Å². The highest BCUT2D eigenvalue weighted by Gasteiger charge is 2.37. The number of hydrogen-bond acceptors (Lipinski definition) is 6. The Balaban J connectivity index is 1.20. The summed E-state index contributed by atoms with van der Waals surface area (Å²) in [7, 11) is 1.52. The van der Waals surface area contributed by atoms with E-state index in [4.69, 9.17) is 9.47 Å². The van der Waals surface area contributed by atoms with Crippen molar-refractivity contribution in [3.8, 4) is 5.75 Å². The predicted octanol–water partition coefficient (Wildman–Crippen LogP) is 4.20. The first kappa shape index (κ1) is 29.4. The van der Waals surface area contributed by atoms with E-state index in [9.17, 15) is 18.8 Å². The van der Waals surface area contributed by atoms with Crippen molar-refractivity contribution >= 4 is 18.1 Å². The summed E-state index contributed by atoms with van der Waals surface area (Å²) in [5.41, 5.74) is 3.88. The lowest BCUT2D eigenvalue weighted by molar-refractivity contribution is -0.125. The number of nitrogens with zero attached hydrogens (tertiary/aromatic N) is 2. The molecule has 42 heavy (non-hydrogen) atoms. The molecule has 2 amide bonds. The highest BCUT2D eigenvalue weighted by atomic mass is 19.1. The molecular weight excluding hydrogens is 537 g/mol. The summed E-state index contributed by atoms with van der Waals surface area (Å²) < 4.78 is 25.7. The van der Waals surface area contributed by atoms with Crippen LogP contribution in [0.15, 0.2) is 66.7 Å². The van der Waals surface area contributed by atoms with E-state index in [0.717, 1.165) is 36.1 Å². The van der Waals surface area contributed by atoms with Crippen LogP contribution in [-0.2, 0) is 39.6 Å². The highest BCUT2D eigenvalue weighted by Crippen LogP contribution is 2.34. The topological polar surface area (TPSA) is 88.2 Å². The summed E-state index contributed by atoms with van der Waals surface area (Å²) in [6.07, 6.45) is 1.22. The Hall–Kier alpha value is -4.08. The molecule has 3 aromatic carbocycles. The van der Waals surface area contributed by atoms with Crippen molar-refractivity contribution in [3.63, 3.8) is 0 Å². The molecule has 0 spiro atoms. The summed E-state index contributed by atoms with van der Waals surface area (Å²) in [5, 5.41) is 2.60. The summed E-state index contributed by atoms with van der Waals surface area (Å²) in [6, 6.07) is 19.4. The molecule has 2 heterocycles. The number of likely N-dealkylation sites (N-methyl/N-ethyl adjacent to an activating group) is 1. The first-order valence-electron chi connectivity index (χ1n) is 14.2. The van der Waals surface area contributed by atoms with Crippen LogP contribution in [-0.4, -0.2) is 60.7 Å². The minimum Gasteiger partial charge on any atom is -0.489 e. The van der Waals surface area contributed by atoms with Gasteiger partial charge in [0.2, 0.25) is 5.91 Å². The van der Waals surface area contributed by atoms with Gasteiger partial charge in [-0.05, 0) is 54.3 Å². The second kappa shape index (κ2) is 12.8. The Morgan fingerprint density at radius 3 is 2.57 bits per heavy atom. The number of hydrogen-bond donors (Lipinski definition) is 1. The summed E-state index contributed by atoms with van der Waals surface area (Å²) in [6.45, 7) is 5.50. The fourth-order valence-electron chi connectivity index (χ4n) is 5.76. The third-order valence-electron chi connectivity index (χ3n) is 8.07. The minimum atomic E-state index is -0.722. The summed E-state index contributed by atoms with van der Waals surface area (Å²) in [5.74, 6) is -0.186. The van der Waals surface area contributed by atoms with Crippen molar-refractivity contribution in [2.24, 2.45) is 0 Å². The fraction of sp³-hybridized carbons (Fsp3) is 0.364. The number of fused-ring (bicyclic) bond motifs is 1. The maximum atomic E-state index is 13.4. The molecule has 0 radical (unpaired) electrons. The van der Waals surface area contributed by atoms with Gasteiger partial charge in [-0.3, -0.25) is 14.5 Å². The van der Waals surface area contributed by atoms with Crippen LogP contribution in [0.4, 0.5) is 4.39 Å². The van der Waals surface area contributed by atoms with Crippen LogP contribution >= 0.6 is 0 Å². The average molecular weight is 574 g/mol. The van der Waals surface area contributed by atoms with E-state index in [1.165, 1.54) is 29.6 Å². The number of morpholine rings is 1. The summed E-state index contributed by atoms with van der Waals surface area (Å²) in [4.78, 5) is 40.4. The SMILES string of the molecule is CNC(=O)C(CCC=O)N1Cc2c(OCc3ccc(CN4CCOC(C)(c5ccc(F)cc5)C4)cc3)cccc2C1=O. The lowest BCUT2D eigenvalue weighted by atomic mass is 9.93. The van der Waals surface area contributed by atoms with Gasteiger partial charge >= 0.3 is 0 Å². The molecule has 1 saturated heterocycles. The second-order valence-electron chi connectivity index (χ2n) is 11.0. The normalized spacial score (nSPS) is 19.3. The molecule has 0 bridgehead atoms. The quantitative estimate of drug-likeness (QED) is 0.346. The van der Waals surface area contributed by atoms with E-state index >= 15 is 0 Å². The van der Waals surface area contributed by atoms with Gasteiger partial charge in [0.25, 0.3) is 5.91 Å². The van der Waals surface area contributed by atoms with Crippen molar-refractivity contribution in [2.45, 2.75) is 51.1 Å². The second-order valence-corrected chi connectivity index (χ2v) is 11.0. The van der Waals surface area contributed by atoms with E-state index in [1.54, 1.807) is 24.3 Å². The summed E-state index contributed by atoms with van der Waals surface area (Å²) >= 11 is 0. The van der Waals surface area contributed by atoms with Gasteiger partial charge in [0.05, 0.1) is 13.2 Å². The number of amides is 2. The molecule has 0 saturated carbocycles. The molecule has 2 atom stereocenters. The average Bonchev–Trinajstić information content (AvgIpc) is 3.33. The van der Waals surface area contributed by atoms with Gasteiger partial charge in [-0.15, -0.1) is 0 Å². The van der Waals surface area contributed by atoms with Crippen molar-refractivity contribution < 1.29 is 28.2 Å². The molecule has 2 aliphatic heterocycles. The molecule has 0 aliphatic carbocycles. The van der Waals surface area contributed by atoms with Gasteiger partial charge < -0.3 is 24.5 Å². The van der Waals surface area contributed by atoms with Crippen LogP contribution in [0.1, 0.15) is 52.4 Å². The number of carbonyl (C=O) groups excluding carboxylic acids is 3. The molecule has 2 aliphatic rings. The number of ether oxygens (including phenoxy) is 2. The molecule has 3 aromatic rings. The molecule has 220 valence electrons.